The highest BCUT2D eigenvalue weighted by atomic mass is 15.0. The first-order valence-corrected chi connectivity index (χ1v) is 1.65. The van der Waals surface area contributed by atoms with Crippen LogP contribution in [0.4, 0.5) is 0 Å². The molecular formula is C2H12N4. The lowest BCUT2D eigenvalue weighted by atomic mass is 10.7. The van der Waals surface area contributed by atoms with Gasteiger partial charge in [0.05, 0.1) is 0 Å². The predicted molar refractivity (Wildman–Crippen MR) is 26.5 cm³/mol. The van der Waals surface area contributed by atoms with Crippen molar-refractivity contribution in [2.75, 3.05) is 13.1 Å². The summed E-state index contributed by atoms with van der Waals surface area (Å²) in [6, 6.07) is 0. The fourth-order valence-electron chi connectivity index (χ4n) is 0. The van der Waals surface area contributed by atoms with E-state index in [4.69, 9.17) is 11.5 Å². The number of hydrazine groups is 1. The summed E-state index contributed by atoms with van der Waals surface area (Å²) in [7, 11) is 0. The standard InChI is InChI=1S/C2H8N2.H4N2/c3-1-2-4;1-2/h1-4H2;1-2H2. The zero-order valence-corrected chi connectivity index (χ0v) is 3.72. The van der Waals surface area contributed by atoms with Crippen LogP contribution in [0.5, 0.6) is 0 Å². The first-order chi connectivity index (χ1) is 2.91. The Bertz CT molecular complexity index is 7.51. The third-order valence-electron chi connectivity index (χ3n) is 0.167. The summed E-state index contributed by atoms with van der Waals surface area (Å²) in [5, 5.41) is 0. The molecule has 8 N–H and O–H groups in total. The Labute approximate surface area is 37.4 Å². The van der Waals surface area contributed by atoms with Crippen molar-refractivity contribution in [2.24, 2.45) is 23.2 Å². The minimum Gasteiger partial charge on any atom is -0.329 e. The molecule has 0 aromatic carbocycles. The van der Waals surface area contributed by atoms with Crippen LogP contribution in [0.1, 0.15) is 0 Å². The lowest BCUT2D eigenvalue weighted by molar-refractivity contribution is 0.976. The molecule has 0 aliphatic rings. The molecule has 0 unspecified atom stereocenters. The van der Waals surface area contributed by atoms with Crippen molar-refractivity contribution in [2.45, 2.75) is 0 Å². The van der Waals surface area contributed by atoms with E-state index in [0.29, 0.717) is 13.1 Å². The molecule has 4 nitrogen and oxygen atoms in total. The Morgan fingerprint density at radius 1 is 0.833 bits per heavy atom. The van der Waals surface area contributed by atoms with Crippen molar-refractivity contribution in [1.29, 1.82) is 0 Å². The molecule has 0 aromatic rings. The van der Waals surface area contributed by atoms with E-state index in [-0.39, 0.29) is 0 Å². The average molecular weight is 92.1 g/mol. The topological polar surface area (TPSA) is 104 Å². The van der Waals surface area contributed by atoms with Crippen LogP contribution in [-0.4, -0.2) is 13.1 Å². The Morgan fingerprint density at radius 3 is 1.00 bits per heavy atom. The largest absolute Gasteiger partial charge is 0.329 e. The Balaban J connectivity index is 0. The summed E-state index contributed by atoms with van der Waals surface area (Å²) in [6.45, 7) is 1.19. The van der Waals surface area contributed by atoms with Gasteiger partial charge < -0.3 is 11.5 Å². The van der Waals surface area contributed by atoms with Crippen molar-refractivity contribution in [1.82, 2.24) is 0 Å². The minimum atomic E-state index is 0.597. The van der Waals surface area contributed by atoms with Crippen LogP contribution in [0.3, 0.4) is 0 Å². The lowest BCUT2D eigenvalue weighted by Gasteiger charge is -1.72. The average Bonchev–Trinajstić information content (AvgIpc) is 1.72. The van der Waals surface area contributed by atoms with Crippen LogP contribution in [0.15, 0.2) is 0 Å². The highest BCUT2D eigenvalue weighted by molar-refractivity contribution is 4.26. The normalized spacial score (nSPS) is 6.00. The molecule has 0 fully saturated rings. The highest BCUT2D eigenvalue weighted by Crippen LogP contribution is 1.24. The summed E-state index contributed by atoms with van der Waals surface area (Å²) in [5.41, 5.74) is 9.81. The number of hydrogen-bond acceptors (Lipinski definition) is 4. The van der Waals surface area contributed by atoms with Crippen molar-refractivity contribution in [3.05, 3.63) is 0 Å². The van der Waals surface area contributed by atoms with Crippen LogP contribution < -0.4 is 23.2 Å². The van der Waals surface area contributed by atoms with Crippen molar-refractivity contribution >= 4 is 0 Å². The second-order valence-electron chi connectivity index (χ2n) is 0.577. The number of nitrogens with two attached hydrogens (primary N) is 4. The van der Waals surface area contributed by atoms with E-state index >= 15 is 0 Å². The third-order valence-corrected chi connectivity index (χ3v) is 0.167. The molecule has 0 aliphatic carbocycles. The molecular weight excluding hydrogens is 80.0 g/mol. The van der Waals surface area contributed by atoms with E-state index in [2.05, 4.69) is 11.7 Å². The van der Waals surface area contributed by atoms with Gasteiger partial charge in [0.2, 0.25) is 0 Å². The first kappa shape index (κ1) is 9.28. The molecule has 0 spiro atoms. The maximum absolute atomic E-state index is 4.90. The molecule has 0 amide bonds. The molecule has 0 radical (unpaired) electrons. The van der Waals surface area contributed by atoms with Gasteiger partial charge in [-0.3, -0.25) is 11.7 Å². The Hall–Kier alpha value is -0.160. The summed E-state index contributed by atoms with van der Waals surface area (Å²) in [6.07, 6.45) is 0. The maximum atomic E-state index is 4.90. The number of rotatable bonds is 1. The fraction of sp³-hybridized carbons (Fsp3) is 1.00. The zero-order valence-electron chi connectivity index (χ0n) is 3.72. The maximum Gasteiger partial charge on any atom is 0.00461 e. The molecule has 0 saturated carbocycles. The predicted octanol–water partition coefficient (Wildman–Crippen LogP) is -2.28. The second-order valence-corrected chi connectivity index (χ2v) is 0.577. The highest BCUT2D eigenvalue weighted by Gasteiger charge is 1.54. The fourth-order valence-corrected chi connectivity index (χ4v) is 0. The third kappa shape index (κ3) is 43.9. The molecule has 0 bridgehead atoms. The molecule has 40 valence electrons. The van der Waals surface area contributed by atoms with Gasteiger partial charge in [0.1, 0.15) is 0 Å². The van der Waals surface area contributed by atoms with Gasteiger partial charge in [-0.05, 0) is 0 Å². The number of hydrogen-bond donors (Lipinski definition) is 4. The molecule has 6 heavy (non-hydrogen) atoms. The smallest absolute Gasteiger partial charge is 0.00461 e. The summed E-state index contributed by atoms with van der Waals surface area (Å²) in [5.74, 6) is 8.00. The van der Waals surface area contributed by atoms with Crippen LogP contribution in [0, 0.1) is 0 Å². The van der Waals surface area contributed by atoms with Gasteiger partial charge in [0, 0.05) is 13.1 Å². The van der Waals surface area contributed by atoms with Crippen molar-refractivity contribution < 1.29 is 0 Å². The molecule has 0 rings (SSSR count). The molecule has 0 aliphatic heterocycles. The van der Waals surface area contributed by atoms with E-state index in [1.54, 1.807) is 0 Å². The van der Waals surface area contributed by atoms with Gasteiger partial charge in [-0.25, -0.2) is 0 Å². The van der Waals surface area contributed by atoms with Gasteiger partial charge >= 0.3 is 0 Å². The van der Waals surface area contributed by atoms with Crippen LogP contribution in [0.2, 0.25) is 0 Å². The monoisotopic (exact) mass is 92.1 g/mol. The van der Waals surface area contributed by atoms with Gasteiger partial charge in [-0.2, -0.15) is 0 Å². The molecule has 4 heteroatoms. The quantitative estimate of drug-likeness (QED) is 0.216. The Morgan fingerprint density at radius 2 is 1.00 bits per heavy atom. The molecule has 0 aromatic heterocycles. The van der Waals surface area contributed by atoms with Crippen LogP contribution >= 0.6 is 0 Å². The molecule has 0 heterocycles. The van der Waals surface area contributed by atoms with Gasteiger partial charge in [-0.1, -0.05) is 0 Å². The minimum absolute atomic E-state index is 0.597. The lowest BCUT2D eigenvalue weighted by Crippen LogP contribution is -2.11. The van der Waals surface area contributed by atoms with E-state index < -0.39 is 0 Å². The Kier molecular flexibility index (Phi) is 32.6. The summed E-state index contributed by atoms with van der Waals surface area (Å²) >= 11 is 0. The van der Waals surface area contributed by atoms with Crippen LogP contribution in [-0.2, 0) is 0 Å². The summed E-state index contributed by atoms with van der Waals surface area (Å²) < 4.78 is 0. The molecule has 0 saturated heterocycles. The summed E-state index contributed by atoms with van der Waals surface area (Å²) in [4.78, 5) is 0. The van der Waals surface area contributed by atoms with E-state index in [0.717, 1.165) is 0 Å². The van der Waals surface area contributed by atoms with Gasteiger partial charge in [-0.15, -0.1) is 0 Å². The zero-order chi connectivity index (χ0) is 5.41. The van der Waals surface area contributed by atoms with E-state index in [9.17, 15) is 0 Å². The first-order valence-electron chi connectivity index (χ1n) is 1.65. The van der Waals surface area contributed by atoms with E-state index in [1.807, 2.05) is 0 Å². The SMILES string of the molecule is NCCN.NN. The van der Waals surface area contributed by atoms with Crippen molar-refractivity contribution in [3.63, 3.8) is 0 Å². The molecule has 0 atom stereocenters. The van der Waals surface area contributed by atoms with E-state index in [1.165, 1.54) is 0 Å². The van der Waals surface area contributed by atoms with Gasteiger partial charge in [0.25, 0.3) is 0 Å². The van der Waals surface area contributed by atoms with Gasteiger partial charge in [0.15, 0.2) is 0 Å². The van der Waals surface area contributed by atoms with Crippen molar-refractivity contribution in [3.8, 4) is 0 Å². The van der Waals surface area contributed by atoms with Crippen LogP contribution in [0.25, 0.3) is 0 Å². The second kappa shape index (κ2) is 21.1.